The quantitative estimate of drug-likeness (QED) is 0.671. The van der Waals surface area contributed by atoms with E-state index in [1.807, 2.05) is 0 Å². The van der Waals surface area contributed by atoms with Crippen LogP contribution < -0.4 is 10.1 Å². The van der Waals surface area contributed by atoms with Crippen LogP contribution in [0.3, 0.4) is 0 Å². The van der Waals surface area contributed by atoms with E-state index in [4.69, 9.17) is 9.29 Å². The highest BCUT2D eigenvalue weighted by molar-refractivity contribution is 7.91. The highest BCUT2D eigenvalue weighted by Crippen LogP contribution is 2.16. The van der Waals surface area contributed by atoms with Gasteiger partial charge in [-0.2, -0.15) is 8.42 Å². The number of carbonyl (C=O) groups excluding carboxylic acids is 1. The monoisotopic (exact) mass is 401 g/mol. The Morgan fingerprint density at radius 1 is 0.962 bits per heavy atom. The summed E-state index contributed by atoms with van der Waals surface area (Å²) in [5.74, 6) is -0.293. The predicted octanol–water partition coefficient (Wildman–Crippen LogP) is 1.89. The molecular weight excluding hydrogens is 386 g/mol. The average Bonchev–Trinajstić information content (AvgIpc) is 2.54. The summed E-state index contributed by atoms with van der Waals surface area (Å²) in [4.78, 5) is 11.7. The van der Waals surface area contributed by atoms with Crippen molar-refractivity contribution in [3.8, 4) is 5.75 Å². The van der Waals surface area contributed by atoms with E-state index in [0.717, 1.165) is 0 Å². The highest BCUT2D eigenvalue weighted by atomic mass is 32.3. The van der Waals surface area contributed by atoms with Crippen LogP contribution in [-0.2, 0) is 24.4 Å². The lowest BCUT2D eigenvalue weighted by atomic mass is 10.3. The zero-order chi connectivity index (χ0) is 19.2. The summed E-state index contributed by atoms with van der Waals surface area (Å²) in [6.45, 7) is -0.718. The van der Waals surface area contributed by atoms with Crippen LogP contribution in [0, 0.1) is 0 Å². The fourth-order valence-corrected chi connectivity index (χ4v) is 3.34. The van der Waals surface area contributed by atoms with Gasteiger partial charge < -0.3 is 4.74 Å². The summed E-state index contributed by atoms with van der Waals surface area (Å²) in [5.41, 5.74) is 0.305. The third-order valence-electron chi connectivity index (χ3n) is 3.00. The summed E-state index contributed by atoms with van der Waals surface area (Å²) >= 11 is 0. The number of para-hydroxylation sites is 1. The Labute approximate surface area is 150 Å². The van der Waals surface area contributed by atoms with E-state index in [-0.39, 0.29) is 4.90 Å². The van der Waals surface area contributed by atoms with Crippen LogP contribution in [-0.4, -0.2) is 39.8 Å². The van der Waals surface area contributed by atoms with E-state index in [2.05, 4.69) is 9.50 Å². The predicted molar refractivity (Wildman–Crippen MR) is 92.1 cm³/mol. The van der Waals surface area contributed by atoms with Crippen molar-refractivity contribution < 1.29 is 35.1 Å². The van der Waals surface area contributed by atoms with Crippen molar-refractivity contribution in [1.29, 1.82) is 0 Å². The fourth-order valence-electron chi connectivity index (χ4n) is 1.85. The zero-order valence-electron chi connectivity index (χ0n) is 13.2. The van der Waals surface area contributed by atoms with Gasteiger partial charge in [-0.1, -0.05) is 18.2 Å². The summed E-state index contributed by atoms with van der Waals surface area (Å²) < 4.78 is 62.3. The summed E-state index contributed by atoms with van der Waals surface area (Å²) in [7, 11) is -8.52. The second kappa shape index (κ2) is 8.27. The molecule has 0 aliphatic rings. The van der Waals surface area contributed by atoms with Gasteiger partial charge in [0.05, 0.1) is 17.3 Å². The van der Waals surface area contributed by atoms with E-state index in [1.54, 1.807) is 30.3 Å². The van der Waals surface area contributed by atoms with Gasteiger partial charge >= 0.3 is 16.5 Å². The third-order valence-corrected chi connectivity index (χ3v) is 5.16. The van der Waals surface area contributed by atoms with Crippen molar-refractivity contribution in [2.24, 2.45) is 0 Å². The number of rotatable bonds is 7. The summed E-state index contributed by atoms with van der Waals surface area (Å²) in [5, 5.41) is 2.44. The SMILES string of the molecule is O=C(Nc1ccc(S(=O)(=O)CCOS(=O)(=O)O)cc1)Oc1ccccc1. The Balaban J connectivity index is 1.95. The van der Waals surface area contributed by atoms with Gasteiger partial charge in [0.1, 0.15) is 5.75 Å². The molecule has 2 rings (SSSR count). The van der Waals surface area contributed by atoms with Crippen LogP contribution in [0.5, 0.6) is 5.75 Å². The van der Waals surface area contributed by atoms with Crippen molar-refractivity contribution in [2.75, 3.05) is 17.7 Å². The molecular formula is C15H15NO8S2. The number of hydrogen-bond donors (Lipinski definition) is 2. The van der Waals surface area contributed by atoms with Crippen LogP contribution >= 0.6 is 0 Å². The number of anilines is 1. The Morgan fingerprint density at radius 3 is 2.15 bits per heavy atom. The summed E-state index contributed by atoms with van der Waals surface area (Å²) in [6.07, 6.45) is -0.742. The molecule has 1 amide bonds. The lowest BCUT2D eigenvalue weighted by Gasteiger charge is -2.08. The number of ether oxygens (including phenoxy) is 1. The van der Waals surface area contributed by atoms with Crippen molar-refractivity contribution in [1.82, 2.24) is 0 Å². The third kappa shape index (κ3) is 6.44. The zero-order valence-corrected chi connectivity index (χ0v) is 14.9. The van der Waals surface area contributed by atoms with Crippen molar-refractivity contribution in [3.63, 3.8) is 0 Å². The molecule has 0 bridgehead atoms. The van der Waals surface area contributed by atoms with Gasteiger partial charge in [-0.25, -0.2) is 17.4 Å². The molecule has 0 aromatic heterocycles. The van der Waals surface area contributed by atoms with Gasteiger partial charge in [0.25, 0.3) is 0 Å². The minimum absolute atomic E-state index is 0.0987. The Bertz CT molecular complexity index is 954. The van der Waals surface area contributed by atoms with Crippen LogP contribution in [0.4, 0.5) is 10.5 Å². The molecule has 0 aliphatic carbocycles. The van der Waals surface area contributed by atoms with Crippen LogP contribution in [0.1, 0.15) is 0 Å². The topological polar surface area (TPSA) is 136 Å². The molecule has 11 heteroatoms. The first-order valence-electron chi connectivity index (χ1n) is 7.14. The maximum atomic E-state index is 12.0. The van der Waals surface area contributed by atoms with Crippen molar-refractivity contribution >= 4 is 32.0 Å². The highest BCUT2D eigenvalue weighted by Gasteiger charge is 2.16. The molecule has 9 nitrogen and oxygen atoms in total. The number of benzene rings is 2. The van der Waals surface area contributed by atoms with Gasteiger partial charge in [0.15, 0.2) is 9.84 Å². The van der Waals surface area contributed by atoms with Gasteiger partial charge in [-0.15, -0.1) is 0 Å². The second-order valence-electron chi connectivity index (χ2n) is 4.92. The number of sulfone groups is 1. The normalized spacial score (nSPS) is 11.7. The first-order chi connectivity index (χ1) is 12.2. The molecule has 0 heterocycles. The van der Waals surface area contributed by atoms with Crippen LogP contribution in [0.2, 0.25) is 0 Å². The molecule has 26 heavy (non-hydrogen) atoms. The largest absolute Gasteiger partial charge is 0.417 e. The van der Waals surface area contributed by atoms with E-state index in [9.17, 15) is 21.6 Å². The van der Waals surface area contributed by atoms with Gasteiger partial charge in [-0.05, 0) is 36.4 Å². The van der Waals surface area contributed by atoms with Crippen LogP contribution in [0.25, 0.3) is 0 Å². The van der Waals surface area contributed by atoms with Gasteiger partial charge in [-0.3, -0.25) is 9.87 Å². The first-order valence-corrected chi connectivity index (χ1v) is 10.2. The van der Waals surface area contributed by atoms with E-state index in [1.165, 1.54) is 24.3 Å². The molecule has 0 radical (unpaired) electrons. The fraction of sp³-hybridized carbons (Fsp3) is 0.133. The minimum Gasteiger partial charge on any atom is -0.410 e. The van der Waals surface area contributed by atoms with E-state index in [0.29, 0.717) is 11.4 Å². The number of hydrogen-bond acceptors (Lipinski definition) is 7. The Hall–Kier alpha value is -2.47. The first kappa shape index (κ1) is 19.8. The standard InChI is InChI=1S/C15H15NO8S2/c17-15(24-13-4-2-1-3-5-13)16-12-6-8-14(9-7-12)25(18,19)11-10-23-26(20,21)22/h1-9H,10-11H2,(H,16,17)(H,20,21,22). The van der Waals surface area contributed by atoms with Gasteiger partial charge in [0, 0.05) is 5.69 Å². The number of amides is 1. The lowest BCUT2D eigenvalue weighted by Crippen LogP contribution is -2.17. The second-order valence-corrected chi connectivity index (χ2v) is 8.12. The molecule has 2 N–H and O–H groups in total. The maximum absolute atomic E-state index is 12.0. The molecule has 0 fully saturated rings. The number of carbonyl (C=O) groups is 1. The molecule has 0 saturated heterocycles. The van der Waals surface area contributed by atoms with Crippen molar-refractivity contribution in [2.45, 2.75) is 4.90 Å². The van der Waals surface area contributed by atoms with E-state index < -0.39 is 38.7 Å². The minimum atomic E-state index is -4.70. The maximum Gasteiger partial charge on any atom is 0.417 e. The molecule has 140 valence electrons. The smallest absolute Gasteiger partial charge is 0.410 e. The summed E-state index contributed by atoms with van der Waals surface area (Å²) in [6, 6.07) is 13.5. The van der Waals surface area contributed by atoms with Gasteiger partial charge in [0.2, 0.25) is 0 Å². The lowest BCUT2D eigenvalue weighted by molar-refractivity contribution is 0.215. The molecule has 0 spiro atoms. The van der Waals surface area contributed by atoms with Crippen LogP contribution in [0.15, 0.2) is 59.5 Å². The van der Waals surface area contributed by atoms with Crippen molar-refractivity contribution in [3.05, 3.63) is 54.6 Å². The molecule has 2 aromatic carbocycles. The molecule has 2 aromatic rings. The molecule has 0 aliphatic heterocycles. The Morgan fingerprint density at radius 2 is 1.58 bits per heavy atom. The molecule has 0 atom stereocenters. The average molecular weight is 401 g/mol. The molecule has 0 unspecified atom stereocenters. The Kier molecular flexibility index (Phi) is 6.32. The number of nitrogens with one attached hydrogen (secondary N) is 1. The molecule has 0 saturated carbocycles. The van der Waals surface area contributed by atoms with E-state index >= 15 is 0 Å².